The molecule has 0 unspecified atom stereocenters. The number of halogens is 3. The molecule has 0 atom stereocenters. The van der Waals surface area contributed by atoms with Gasteiger partial charge in [0.2, 0.25) is 6.41 Å². The van der Waals surface area contributed by atoms with Crippen molar-refractivity contribution in [3.63, 3.8) is 0 Å². The fourth-order valence-corrected chi connectivity index (χ4v) is 1.05. The number of carbonyl (C=O) groups is 1. The number of amides is 1. The molecule has 88 valence electrons. The molecule has 0 aromatic heterocycles. The lowest BCUT2D eigenvalue weighted by Gasteiger charge is -2.12. The summed E-state index contributed by atoms with van der Waals surface area (Å²) in [5.41, 5.74) is 0.257. The first kappa shape index (κ1) is 12.2. The largest absolute Gasteiger partial charge is 0.573 e. The summed E-state index contributed by atoms with van der Waals surface area (Å²) in [7, 11) is 1.27. The number of methoxy groups -OCH3 is 1. The van der Waals surface area contributed by atoms with Crippen LogP contribution in [-0.2, 0) is 4.79 Å². The number of hydrogen-bond donors (Lipinski definition) is 1. The van der Waals surface area contributed by atoms with E-state index in [0.717, 1.165) is 12.1 Å². The van der Waals surface area contributed by atoms with Gasteiger partial charge in [-0.15, -0.1) is 13.2 Å². The van der Waals surface area contributed by atoms with Crippen molar-refractivity contribution < 1.29 is 27.4 Å². The van der Waals surface area contributed by atoms with Crippen LogP contribution in [0.4, 0.5) is 18.9 Å². The Morgan fingerprint density at radius 3 is 2.56 bits per heavy atom. The lowest BCUT2D eigenvalue weighted by atomic mass is 10.3. The zero-order chi connectivity index (χ0) is 12.2. The first-order valence-electron chi connectivity index (χ1n) is 4.10. The van der Waals surface area contributed by atoms with Crippen LogP contribution in [0.25, 0.3) is 0 Å². The minimum Gasteiger partial charge on any atom is -0.494 e. The van der Waals surface area contributed by atoms with E-state index in [1.54, 1.807) is 0 Å². The molecule has 1 aromatic carbocycles. The molecular weight excluding hydrogens is 227 g/mol. The van der Waals surface area contributed by atoms with Gasteiger partial charge in [-0.1, -0.05) is 0 Å². The maximum atomic E-state index is 11.9. The molecule has 4 nitrogen and oxygen atoms in total. The van der Waals surface area contributed by atoms with Crippen LogP contribution in [0.5, 0.6) is 11.5 Å². The highest BCUT2D eigenvalue weighted by Gasteiger charge is 2.31. The lowest BCUT2D eigenvalue weighted by molar-refractivity contribution is -0.274. The Morgan fingerprint density at radius 1 is 1.38 bits per heavy atom. The summed E-state index contributed by atoms with van der Waals surface area (Å²) >= 11 is 0. The van der Waals surface area contributed by atoms with E-state index in [-0.39, 0.29) is 11.4 Å². The summed E-state index contributed by atoms with van der Waals surface area (Å²) in [6.45, 7) is 0. The van der Waals surface area contributed by atoms with Gasteiger partial charge in [0.25, 0.3) is 0 Å². The fourth-order valence-electron chi connectivity index (χ4n) is 1.05. The Kier molecular flexibility index (Phi) is 3.60. The second-order valence-electron chi connectivity index (χ2n) is 2.67. The summed E-state index contributed by atoms with van der Waals surface area (Å²) in [6, 6.07) is 3.34. The third-order valence-corrected chi connectivity index (χ3v) is 1.62. The van der Waals surface area contributed by atoms with Crippen LogP contribution in [0.3, 0.4) is 0 Å². The highest BCUT2D eigenvalue weighted by Crippen LogP contribution is 2.31. The molecule has 0 spiro atoms. The van der Waals surface area contributed by atoms with Gasteiger partial charge < -0.3 is 14.8 Å². The summed E-state index contributed by atoms with van der Waals surface area (Å²) < 4.78 is 44.1. The number of hydrogen-bond acceptors (Lipinski definition) is 3. The molecule has 7 heteroatoms. The summed E-state index contributed by atoms with van der Waals surface area (Å²) in [4.78, 5) is 10.2. The van der Waals surface area contributed by atoms with E-state index in [9.17, 15) is 18.0 Å². The first-order valence-corrected chi connectivity index (χ1v) is 4.10. The van der Waals surface area contributed by atoms with Gasteiger partial charge in [-0.2, -0.15) is 0 Å². The molecule has 0 fully saturated rings. The molecule has 1 N–H and O–H groups in total. The number of anilines is 1. The van der Waals surface area contributed by atoms with Crippen molar-refractivity contribution in [3.05, 3.63) is 18.2 Å². The predicted molar refractivity (Wildman–Crippen MR) is 49.4 cm³/mol. The Morgan fingerprint density at radius 2 is 2.06 bits per heavy atom. The van der Waals surface area contributed by atoms with Gasteiger partial charge >= 0.3 is 6.36 Å². The van der Waals surface area contributed by atoms with Gasteiger partial charge in [-0.3, -0.25) is 4.79 Å². The zero-order valence-electron chi connectivity index (χ0n) is 8.17. The number of rotatable bonds is 4. The van der Waals surface area contributed by atoms with Crippen molar-refractivity contribution in [1.29, 1.82) is 0 Å². The average molecular weight is 235 g/mol. The Balaban J connectivity index is 2.94. The van der Waals surface area contributed by atoms with Crippen molar-refractivity contribution in [2.75, 3.05) is 12.4 Å². The maximum absolute atomic E-state index is 11.9. The number of carbonyl (C=O) groups excluding carboxylic acids is 1. The van der Waals surface area contributed by atoms with Crippen LogP contribution in [0.15, 0.2) is 18.2 Å². The van der Waals surface area contributed by atoms with E-state index in [4.69, 9.17) is 4.74 Å². The Labute approximate surface area is 89.0 Å². The van der Waals surface area contributed by atoms with Crippen LogP contribution in [-0.4, -0.2) is 19.9 Å². The normalized spacial score (nSPS) is 10.8. The molecule has 0 saturated carbocycles. The maximum Gasteiger partial charge on any atom is 0.573 e. The minimum atomic E-state index is -4.76. The molecule has 1 rings (SSSR count). The molecule has 0 bridgehead atoms. The topological polar surface area (TPSA) is 47.6 Å². The van der Waals surface area contributed by atoms with Crippen LogP contribution in [0.1, 0.15) is 0 Å². The fraction of sp³-hybridized carbons (Fsp3) is 0.222. The van der Waals surface area contributed by atoms with Crippen molar-refractivity contribution in [2.24, 2.45) is 0 Å². The van der Waals surface area contributed by atoms with Crippen LogP contribution >= 0.6 is 0 Å². The van der Waals surface area contributed by atoms with Gasteiger partial charge in [0.05, 0.1) is 12.8 Å². The van der Waals surface area contributed by atoms with E-state index >= 15 is 0 Å². The summed E-state index contributed by atoms with van der Waals surface area (Å²) in [5.74, 6) is -0.338. The minimum absolute atomic E-state index is 0.0776. The van der Waals surface area contributed by atoms with Gasteiger partial charge in [0, 0.05) is 6.07 Å². The Hall–Kier alpha value is -1.92. The van der Waals surface area contributed by atoms with Crippen molar-refractivity contribution in [3.8, 4) is 11.5 Å². The molecular formula is C9H8F3NO3. The number of alkyl halides is 3. The second-order valence-corrected chi connectivity index (χ2v) is 2.67. The van der Waals surface area contributed by atoms with Crippen LogP contribution in [0, 0.1) is 0 Å². The lowest BCUT2D eigenvalue weighted by Crippen LogP contribution is -2.17. The van der Waals surface area contributed by atoms with Crippen molar-refractivity contribution in [1.82, 2.24) is 0 Å². The SMILES string of the molecule is COc1cc(OC(F)(F)F)ccc1NC=O. The number of ether oxygens (including phenoxy) is 2. The average Bonchev–Trinajstić information content (AvgIpc) is 2.18. The van der Waals surface area contributed by atoms with E-state index in [0.29, 0.717) is 6.41 Å². The van der Waals surface area contributed by atoms with Crippen molar-refractivity contribution in [2.45, 2.75) is 6.36 Å². The van der Waals surface area contributed by atoms with E-state index < -0.39 is 12.1 Å². The molecule has 0 heterocycles. The van der Waals surface area contributed by atoms with Crippen molar-refractivity contribution >= 4 is 12.1 Å². The van der Waals surface area contributed by atoms with Gasteiger partial charge in [0.15, 0.2) is 0 Å². The quantitative estimate of drug-likeness (QED) is 0.813. The molecule has 1 aromatic rings. The Bertz CT molecular complexity index is 379. The molecule has 0 saturated heterocycles. The highest BCUT2D eigenvalue weighted by molar-refractivity contribution is 5.75. The van der Waals surface area contributed by atoms with E-state index in [1.807, 2.05) is 0 Å². The molecule has 0 aliphatic rings. The third-order valence-electron chi connectivity index (χ3n) is 1.62. The molecule has 0 radical (unpaired) electrons. The summed E-state index contributed by atoms with van der Waals surface area (Å²) in [6.07, 6.45) is -4.37. The van der Waals surface area contributed by atoms with E-state index in [1.165, 1.54) is 13.2 Å². The van der Waals surface area contributed by atoms with Crippen LogP contribution in [0.2, 0.25) is 0 Å². The van der Waals surface area contributed by atoms with E-state index in [2.05, 4.69) is 10.1 Å². The number of benzene rings is 1. The van der Waals surface area contributed by atoms with Gasteiger partial charge in [-0.25, -0.2) is 0 Å². The molecule has 0 aliphatic carbocycles. The number of nitrogens with one attached hydrogen (secondary N) is 1. The smallest absolute Gasteiger partial charge is 0.494 e. The van der Waals surface area contributed by atoms with Gasteiger partial charge in [-0.05, 0) is 12.1 Å². The monoisotopic (exact) mass is 235 g/mol. The summed E-state index contributed by atoms with van der Waals surface area (Å²) in [5, 5.41) is 2.27. The standard InChI is InChI=1S/C9H8F3NO3/c1-15-8-4-6(16-9(10,11)12)2-3-7(8)13-5-14/h2-5H,1H3,(H,13,14). The molecule has 1 amide bonds. The second kappa shape index (κ2) is 4.73. The molecule has 0 aliphatic heterocycles. The predicted octanol–water partition coefficient (Wildman–Crippen LogP) is 2.16. The third kappa shape index (κ3) is 3.34. The first-order chi connectivity index (χ1) is 7.46. The highest BCUT2D eigenvalue weighted by atomic mass is 19.4. The zero-order valence-corrected chi connectivity index (χ0v) is 8.17. The van der Waals surface area contributed by atoms with Gasteiger partial charge in [0.1, 0.15) is 11.5 Å². The molecule has 16 heavy (non-hydrogen) atoms. The van der Waals surface area contributed by atoms with Crippen LogP contribution < -0.4 is 14.8 Å².